The predicted molar refractivity (Wildman–Crippen MR) is 153 cm³/mol. The van der Waals surface area contributed by atoms with Crippen LogP contribution in [0, 0.1) is 6.92 Å². The molecule has 0 radical (unpaired) electrons. The molecule has 0 saturated heterocycles. The Kier molecular flexibility index (Phi) is 7.72. The van der Waals surface area contributed by atoms with E-state index in [4.69, 9.17) is 4.74 Å². The zero-order valence-corrected chi connectivity index (χ0v) is 23.1. The summed E-state index contributed by atoms with van der Waals surface area (Å²) in [6.45, 7) is 6.92. The second kappa shape index (κ2) is 11.2. The molecule has 192 valence electrons. The van der Waals surface area contributed by atoms with Crippen LogP contribution in [-0.2, 0) is 28.9 Å². The molecule has 0 spiro atoms. The summed E-state index contributed by atoms with van der Waals surface area (Å²) in [5.41, 5.74) is 5.25. The first-order valence-electron chi connectivity index (χ1n) is 12.9. The molecule has 1 N–H and O–H groups in total. The van der Waals surface area contributed by atoms with Crippen molar-refractivity contribution < 1.29 is 14.3 Å². The summed E-state index contributed by atoms with van der Waals surface area (Å²) in [6.07, 6.45) is 6.13. The lowest BCUT2D eigenvalue weighted by atomic mass is 9.95. The third-order valence-corrected chi connectivity index (χ3v) is 9.10. The minimum atomic E-state index is -0.340. The van der Waals surface area contributed by atoms with Gasteiger partial charge in [0.1, 0.15) is 5.00 Å². The third-order valence-electron chi connectivity index (χ3n) is 6.75. The molecule has 0 unspecified atom stereocenters. The minimum Gasteiger partial charge on any atom is -0.462 e. The second-order valence-corrected chi connectivity index (χ2v) is 12.0. The van der Waals surface area contributed by atoms with Crippen molar-refractivity contribution in [1.29, 1.82) is 0 Å². The van der Waals surface area contributed by atoms with Crippen LogP contribution in [0.15, 0.2) is 59.6 Å². The van der Waals surface area contributed by atoms with Gasteiger partial charge in [0.05, 0.1) is 17.4 Å². The fourth-order valence-electron chi connectivity index (χ4n) is 4.98. The number of hydrogen-bond acceptors (Lipinski definition) is 5. The quantitative estimate of drug-likeness (QED) is 0.192. The monoisotopic (exact) mass is 532 g/mol. The molecule has 0 saturated carbocycles. The Hall–Kier alpha value is -3.03. The molecule has 4 aromatic rings. The number of nitrogens with zero attached hydrogens (tertiary/aromatic N) is 1. The second-order valence-electron chi connectivity index (χ2n) is 9.51. The average Bonchev–Trinajstić information content (AvgIpc) is 3.42. The number of thioether (sulfide) groups is 1. The average molecular weight is 533 g/mol. The molecule has 2 heterocycles. The van der Waals surface area contributed by atoms with Gasteiger partial charge in [0.15, 0.2) is 0 Å². The molecule has 1 aliphatic carbocycles. The molecular weight excluding hydrogens is 500 g/mol. The van der Waals surface area contributed by atoms with E-state index in [-0.39, 0.29) is 17.1 Å². The number of aryl methyl sites for hydroxylation is 2. The maximum atomic E-state index is 13.3. The molecule has 7 heteroatoms. The largest absolute Gasteiger partial charge is 0.462 e. The van der Waals surface area contributed by atoms with Gasteiger partial charge in [-0.2, -0.15) is 0 Å². The third kappa shape index (κ3) is 5.48. The van der Waals surface area contributed by atoms with Crippen molar-refractivity contribution in [3.63, 3.8) is 0 Å². The van der Waals surface area contributed by atoms with E-state index in [9.17, 15) is 9.59 Å². The molecule has 1 aliphatic rings. The highest BCUT2D eigenvalue weighted by molar-refractivity contribution is 8.00. The standard InChI is InChI=1S/C30H32N2O3S2/c1-4-35-30(34)27-23-13-6-8-15-25(23)37-29(27)31-28(33)20(3)36-26-18-32(24-14-7-5-12-22(24)26)17-21-11-9-10-19(2)16-21/h5,7,9-12,14,16,18,20H,4,6,8,13,15,17H2,1-3H3,(H,31,33)/t20-/m1/s1. The van der Waals surface area contributed by atoms with E-state index in [1.165, 1.54) is 27.3 Å². The van der Waals surface area contributed by atoms with Crippen LogP contribution < -0.4 is 5.32 Å². The zero-order valence-electron chi connectivity index (χ0n) is 21.5. The Morgan fingerprint density at radius 1 is 1.14 bits per heavy atom. The molecule has 1 amide bonds. The smallest absolute Gasteiger partial charge is 0.341 e. The highest BCUT2D eigenvalue weighted by Crippen LogP contribution is 2.39. The van der Waals surface area contributed by atoms with Gasteiger partial charge in [0, 0.05) is 33.4 Å². The highest BCUT2D eigenvalue weighted by Gasteiger charge is 2.28. The van der Waals surface area contributed by atoms with Crippen LogP contribution in [0.3, 0.4) is 0 Å². The van der Waals surface area contributed by atoms with Gasteiger partial charge in [0.25, 0.3) is 0 Å². The molecule has 5 nitrogen and oxygen atoms in total. The van der Waals surface area contributed by atoms with Crippen molar-refractivity contribution in [2.24, 2.45) is 0 Å². The zero-order chi connectivity index (χ0) is 25.9. The van der Waals surface area contributed by atoms with Crippen LogP contribution in [-0.4, -0.2) is 28.3 Å². The molecule has 0 fully saturated rings. The first kappa shape index (κ1) is 25.6. The topological polar surface area (TPSA) is 60.3 Å². The van der Waals surface area contributed by atoms with Crippen molar-refractivity contribution >= 4 is 50.9 Å². The van der Waals surface area contributed by atoms with Gasteiger partial charge in [-0.25, -0.2) is 4.79 Å². The van der Waals surface area contributed by atoms with Crippen LogP contribution in [0.1, 0.15) is 58.6 Å². The van der Waals surface area contributed by atoms with Crippen LogP contribution in [0.4, 0.5) is 5.00 Å². The van der Waals surface area contributed by atoms with Gasteiger partial charge < -0.3 is 14.6 Å². The first-order chi connectivity index (χ1) is 17.9. The van der Waals surface area contributed by atoms with Gasteiger partial charge in [-0.15, -0.1) is 23.1 Å². The minimum absolute atomic E-state index is 0.107. The Morgan fingerprint density at radius 3 is 2.76 bits per heavy atom. The number of carbonyl (C=O) groups is 2. The van der Waals surface area contributed by atoms with E-state index in [1.54, 1.807) is 11.8 Å². The summed E-state index contributed by atoms with van der Waals surface area (Å²) < 4.78 is 7.60. The summed E-state index contributed by atoms with van der Waals surface area (Å²) in [6, 6.07) is 16.9. The molecular formula is C30H32N2O3S2. The molecule has 5 rings (SSSR count). The van der Waals surface area contributed by atoms with Gasteiger partial charge in [-0.05, 0) is 63.6 Å². The summed E-state index contributed by atoms with van der Waals surface area (Å²) in [7, 11) is 0. The lowest BCUT2D eigenvalue weighted by Crippen LogP contribution is -2.23. The van der Waals surface area contributed by atoms with Gasteiger partial charge in [-0.3, -0.25) is 4.79 Å². The van der Waals surface area contributed by atoms with E-state index in [2.05, 4.69) is 65.5 Å². The Bertz CT molecular complexity index is 1450. The summed E-state index contributed by atoms with van der Waals surface area (Å²) in [5, 5.41) is 4.51. The molecule has 0 bridgehead atoms. The number of fused-ring (bicyclic) bond motifs is 2. The number of rotatable bonds is 8. The van der Waals surface area contributed by atoms with Crippen molar-refractivity contribution in [2.75, 3.05) is 11.9 Å². The van der Waals surface area contributed by atoms with Crippen LogP contribution >= 0.6 is 23.1 Å². The Labute approximate surface area is 226 Å². The number of aromatic nitrogens is 1. The number of benzene rings is 2. The van der Waals surface area contributed by atoms with E-state index in [1.807, 2.05) is 19.9 Å². The summed E-state index contributed by atoms with van der Waals surface area (Å²) in [4.78, 5) is 28.4. The molecule has 0 aliphatic heterocycles. The lowest BCUT2D eigenvalue weighted by molar-refractivity contribution is -0.115. The number of thiophene rings is 1. The number of hydrogen-bond donors (Lipinski definition) is 1. The van der Waals surface area contributed by atoms with E-state index < -0.39 is 0 Å². The maximum Gasteiger partial charge on any atom is 0.341 e. The van der Waals surface area contributed by atoms with E-state index >= 15 is 0 Å². The Morgan fingerprint density at radius 2 is 1.95 bits per heavy atom. The number of ether oxygens (including phenoxy) is 1. The van der Waals surface area contributed by atoms with Crippen molar-refractivity contribution in [1.82, 2.24) is 4.57 Å². The fourth-order valence-corrected chi connectivity index (χ4v) is 7.29. The number of esters is 1. The van der Waals surface area contributed by atoms with Gasteiger partial charge in [0.2, 0.25) is 5.91 Å². The number of carbonyl (C=O) groups excluding carboxylic acids is 2. The highest BCUT2D eigenvalue weighted by atomic mass is 32.2. The van der Waals surface area contributed by atoms with Crippen molar-refractivity contribution in [3.8, 4) is 0 Å². The number of amides is 1. The summed E-state index contributed by atoms with van der Waals surface area (Å²) >= 11 is 3.08. The lowest BCUT2D eigenvalue weighted by Gasteiger charge is -2.13. The van der Waals surface area contributed by atoms with Crippen molar-refractivity contribution in [2.45, 2.75) is 63.1 Å². The van der Waals surface area contributed by atoms with Crippen LogP contribution in [0.5, 0.6) is 0 Å². The normalized spacial score (nSPS) is 13.8. The number of anilines is 1. The van der Waals surface area contributed by atoms with Crippen LogP contribution in [0.2, 0.25) is 0 Å². The maximum absolute atomic E-state index is 13.3. The Balaban J connectivity index is 1.37. The predicted octanol–water partition coefficient (Wildman–Crippen LogP) is 7.23. The molecule has 2 aromatic heterocycles. The SMILES string of the molecule is CCOC(=O)c1c(NC(=O)[C@@H](C)Sc2cn(Cc3cccc(C)c3)c3ccccc23)sc2c1CCCC2. The molecule has 1 atom stereocenters. The molecule has 37 heavy (non-hydrogen) atoms. The van der Waals surface area contributed by atoms with Gasteiger partial charge in [-0.1, -0.05) is 48.0 Å². The summed E-state index contributed by atoms with van der Waals surface area (Å²) in [5.74, 6) is -0.443. The van der Waals surface area contributed by atoms with E-state index in [0.29, 0.717) is 17.2 Å². The first-order valence-corrected chi connectivity index (χ1v) is 14.6. The number of para-hydroxylation sites is 1. The molecule has 2 aromatic carbocycles. The fraction of sp³-hybridized carbons (Fsp3) is 0.333. The van der Waals surface area contributed by atoms with Crippen molar-refractivity contribution in [3.05, 3.63) is 81.9 Å². The van der Waals surface area contributed by atoms with Crippen LogP contribution in [0.25, 0.3) is 10.9 Å². The van der Waals surface area contributed by atoms with Gasteiger partial charge >= 0.3 is 5.97 Å². The number of nitrogens with one attached hydrogen (secondary N) is 1. The van der Waals surface area contributed by atoms with E-state index in [0.717, 1.165) is 53.6 Å².